The van der Waals surface area contributed by atoms with Gasteiger partial charge in [0, 0.05) is 0 Å². The lowest BCUT2D eigenvalue weighted by Gasteiger charge is -2.09. The van der Waals surface area contributed by atoms with E-state index in [9.17, 15) is 13.2 Å². The lowest BCUT2D eigenvalue weighted by Crippen LogP contribution is -2.03. The van der Waals surface area contributed by atoms with Crippen LogP contribution in [-0.2, 0) is 12.6 Å². The highest BCUT2D eigenvalue weighted by molar-refractivity contribution is 5.35. The first-order valence-electron chi connectivity index (χ1n) is 6.43. The van der Waals surface area contributed by atoms with Crippen LogP contribution >= 0.6 is 0 Å². The van der Waals surface area contributed by atoms with Crippen molar-refractivity contribution < 1.29 is 17.9 Å². The van der Waals surface area contributed by atoms with E-state index in [-0.39, 0.29) is 0 Å². The van der Waals surface area contributed by atoms with E-state index in [1.165, 1.54) is 12.1 Å². The maximum Gasteiger partial charge on any atom is 0.416 e. The largest absolute Gasteiger partial charge is 0.457 e. The molecule has 4 heteroatoms. The molecule has 0 aliphatic rings. The summed E-state index contributed by atoms with van der Waals surface area (Å²) in [6.45, 7) is 2.09. The van der Waals surface area contributed by atoms with Gasteiger partial charge in [-0.2, -0.15) is 13.2 Å². The van der Waals surface area contributed by atoms with Crippen LogP contribution < -0.4 is 4.74 Å². The molecule has 0 radical (unpaired) electrons. The predicted molar refractivity (Wildman–Crippen MR) is 72.0 cm³/mol. The van der Waals surface area contributed by atoms with E-state index in [0.717, 1.165) is 30.5 Å². The molecule has 0 saturated heterocycles. The summed E-state index contributed by atoms with van der Waals surface area (Å²) in [6, 6.07) is 12.3. The Morgan fingerprint density at radius 1 is 0.950 bits per heavy atom. The molecule has 2 aromatic carbocycles. The van der Waals surface area contributed by atoms with Crippen LogP contribution in [0.1, 0.15) is 24.5 Å². The SMILES string of the molecule is CCCc1cccc(Oc2ccc(C(F)(F)F)cc2)c1. The minimum Gasteiger partial charge on any atom is -0.457 e. The number of aryl methyl sites for hydroxylation is 1. The molecule has 20 heavy (non-hydrogen) atoms. The van der Waals surface area contributed by atoms with Crippen molar-refractivity contribution in [2.24, 2.45) is 0 Å². The summed E-state index contributed by atoms with van der Waals surface area (Å²) >= 11 is 0. The molecule has 0 spiro atoms. The van der Waals surface area contributed by atoms with Gasteiger partial charge in [0.1, 0.15) is 11.5 Å². The molecule has 106 valence electrons. The van der Waals surface area contributed by atoms with Gasteiger partial charge < -0.3 is 4.74 Å². The maximum atomic E-state index is 12.4. The molecule has 2 aromatic rings. The Kier molecular flexibility index (Phi) is 4.32. The Hall–Kier alpha value is -1.97. The third-order valence-corrected chi connectivity index (χ3v) is 2.85. The standard InChI is InChI=1S/C16H15F3O/c1-2-4-12-5-3-6-15(11-12)20-14-9-7-13(8-10-14)16(17,18)19/h3,5-11H,2,4H2,1H3. The summed E-state index contributed by atoms with van der Waals surface area (Å²) in [5.41, 5.74) is 0.474. The molecule has 0 aromatic heterocycles. The van der Waals surface area contributed by atoms with Crippen LogP contribution in [0.4, 0.5) is 13.2 Å². The quantitative estimate of drug-likeness (QED) is 0.723. The fourth-order valence-corrected chi connectivity index (χ4v) is 1.90. The maximum absolute atomic E-state index is 12.4. The van der Waals surface area contributed by atoms with Crippen LogP contribution in [-0.4, -0.2) is 0 Å². The Bertz CT molecular complexity index is 559. The van der Waals surface area contributed by atoms with Gasteiger partial charge in [0.25, 0.3) is 0 Å². The molecule has 0 unspecified atom stereocenters. The number of halogens is 3. The summed E-state index contributed by atoms with van der Waals surface area (Å²) < 4.78 is 42.9. The Morgan fingerprint density at radius 2 is 1.65 bits per heavy atom. The topological polar surface area (TPSA) is 9.23 Å². The van der Waals surface area contributed by atoms with Crippen molar-refractivity contribution in [2.75, 3.05) is 0 Å². The highest BCUT2D eigenvalue weighted by Gasteiger charge is 2.30. The number of alkyl halides is 3. The predicted octanol–water partition coefficient (Wildman–Crippen LogP) is 5.45. The number of benzene rings is 2. The van der Waals surface area contributed by atoms with Crippen LogP contribution in [0.5, 0.6) is 11.5 Å². The van der Waals surface area contributed by atoms with E-state index in [4.69, 9.17) is 4.74 Å². The molecule has 0 heterocycles. The number of hydrogen-bond donors (Lipinski definition) is 0. The molecule has 0 amide bonds. The Morgan fingerprint density at radius 3 is 2.25 bits per heavy atom. The smallest absolute Gasteiger partial charge is 0.416 e. The van der Waals surface area contributed by atoms with Crippen LogP contribution in [0, 0.1) is 0 Å². The van der Waals surface area contributed by atoms with Crippen molar-refractivity contribution in [3.05, 3.63) is 59.7 Å². The first-order valence-corrected chi connectivity index (χ1v) is 6.43. The third-order valence-electron chi connectivity index (χ3n) is 2.85. The van der Waals surface area contributed by atoms with E-state index >= 15 is 0 Å². The van der Waals surface area contributed by atoms with Gasteiger partial charge in [-0.05, 0) is 48.4 Å². The van der Waals surface area contributed by atoms with Crippen molar-refractivity contribution in [3.63, 3.8) is 0 Å². The molecule has 2 rings (SSSR count). The normalized spacial score (nSPS) is 11.4. The van der Waals surface area contributed by atoms with E-state index in [0.29, 0.717) is 11.5 Å². The fraction of sp³-hybridized carbons (Fsp3) is 0.250. The van der Waals surface area contributed by atoms with Gasteiger partial charge >= 0.3 is 6.18 Å². The monoisotopic (exact) mass is 280 g/mol. The number of hydrogen-bond acceptors (Lipinski definition) is 1. The van der Waals surface area contributed by atoms with Gasteiger partial charge in [0.2, 0.25) is 0 Å². The average molecular weight is 280 g/mol. The zero-order valence-electron chi connectivity index (χ0n) is 11.1. The molecule has 0 bridgehead atoms. The minimum atomic E-state index is -4.32. The fourth-order valence-electron chi connectivity index (χ4n) is 1.90. The average Bonchev–Trinajstić information content (AvgIpc) is 2.39. The molecule has 0 fully saturated rings. The molecule has 0 N–H and O–H groups in total. The molecule has 0 aliphatic carbocycles. The molecule has 0 saturated carbocycles. The van der Waals surface area contributed by atoms with Gasteiger partial charge in [-0.25, -0.2) is 0 Å². The minimum absolute atomic E-state index is 0.395. The van der Waals surface area contributed by atoms with Gasteiger partial charge in [-0.1, -0.05) is 25.5 Å². The van der Waals surface area contributed by atoms with Crippen molar-refractivity contribution in [1.82, 2.24) is 0 Å². The Balaban J connectivity index is 2.12. The number of rotatable bonds is 4. The summed E-state index contributed by atoms with van der Waals surface area (Å²) in [7, 11) is 0. The van der Waals surface area contributed by atoms with Gasteiger partial charge in [-0.15, -0.1) is 0 Å². The van der Waals surface area contributed by atoms with Crippen LogP contribution in [0.15, 0.2) is 48.5 Å². The third kappa shape index (κ3) is 3.76. The second-order valence-electron chi connectivity index (χ2n) is 4.52. The van der Waals surface area contributed by atoms with Crippen molar-refractivity contribution in [3.8, 4) is 11.5 Å². The zero-order valence-corrected chi connectivity index (χ0v) is 11.1. The first-order chi connectivity index (χ1) is 9.49. The van der Waals surface area contributed by atoms with E-state index in [2.05, 4.69) is 6.92 Å². The second-order valence-corrected chi connectivity index (χ2v) is 4.52. The van der Waals surface area contributed by atoms with Gasteiger partial charge in [0.15, 0.2) is 0 Å². The second kappa shape index (κ2) is 5.99. The zero-order chi connectivity index (χ0) is 14.6. The van der Waals surface area contributed by atoms with Crippen molar-refractivity contribution in [2.45, 2.75) is 25.9 Å². The highest BCUT2D eigenvalue weighted by Crippen LogP contribution is 2.31. The summed E-state index contributed by atoms with van der Waals surface area (Å²) in [4.78, 5) is 0. The summed E-state index contributed by atoms with van der Waals surface area (Å²) in [5, 5.41) is 0. The lowest BCUT2D eigenvalue weighted by molar-refractivity contribution is -0.137. The van der Waals surface area contributed by atoms with E-state index < -0.39 is 11.7 Å². The molecule has 0 aliphatic heterocycles. The number of ether oxygens (including phenoxy) is 1. The van der Waals surface area contributed by atoms with Gasteiger partial charge in [-0.3, -0.25) is 0 Å². The Labute approximate surface area is 116 Å². The van der Waals surface area contributed by atoms with Crippen LogP contribution in [0.3, 0.4) is 0 Å². The molecular weight excluding hydrogens is 265 g/mol. The van der Waals surface area contributed by atoms with Gasteiger partial charge in [0.05, 0.1) is 5.56 Å². The molecule has 0 atom stereocenters. The highest BCUT2D eigenvalue weighted by atomic mass is 19.4. The first kappa shape index (κ1) is 14.4. The van der Waals surface area contributed by atoms with Crippen LogP contribution in [0.25, 0.3) is 0 Å². The van der Waals surface area contributed by atoms with Crippen molar-refractivity contribution >= 4 is 0 Å². The summed E-state index contributed by atoms with van der Waals surface area (Å²) in [6.07, 6.45) is -2.34. The van der Waals surface area contributed by atoms with E-state index in [1.807, 2.05) is 18.2 Å². The molecular formula is C16H15F3O. The van der Waals surface area contributed by atoms with Crippen LogP contribution in [0.2, 0.25) is 0 Å². The lowest BCUT2D eigenvalue weighted by atomic mass is 10.1. The summed E-state index contributed by atoms with van der Waals surface area (Å²) in [5.74, 6) is 1.03. The molecule has 1 nitrogen and oxygen atoms in total. The van der Waals surface area contributed by atoms with E-state index in [1.54, 1.807) is 6.07 Å². The van der Waals surface area contributed by atoms with Crippen molar-refractivity contribution in [1.29, 1.82) is 0 Å².